The molecule has 4 nitrogen and oxygen atoms in total. The normalized spacial score (nSPS) is 47.8. The fourth-order valence-electron chi connectivity index (χ4n) is 7.80. The second-order valence-corrected chi connectivity index (χ2v) is 10.9. The Balaban J connectivity index is 1.55. The van der Waals surface area contributed by atoms with Crippen molar-refractivity contribution in [1.29, 1.82) is 0 Å². The number of fused-ring (bicyclic) bond motifs is 5. The van der Waals surface area contributed by atoms with Crippen molar-refractivity contribution in [2.24, 2.45) is 34.5 Å². The van der Waals surface area contributed by atoms with Crippen molar-refractivity contribution >= 4 is 32.4 Å². The molecule has 0 bridgehead atoms. The smallest absolute Gasteiger partial charge is 0.280 e. The molecule has 3 saturated carbocycles. The lowest BCUT2D eigenvalue weighted by atomic mass is 9.47. The molecular weight excluding hydrogens is 439 g/mol. The van der Waals surface area contributed by atoms with Crippen molar-refractivity contribution < 1.29 is 9.59 Å². The zero-order valence-electron chi connectivity index (χ0n) is 16.4. The number of carbonyl (C=O) groups excluding carboxylic acids is 2. The van der Waals surface area contributed by atoms with Crippen LogP contribution in [-0.2, 0) is 4.79 Å². The van der Waals surface area contributed by atoms with Crippen molar-refractivity contribution in [2.75, 3.05) is 13.6 Å². The van der Waals surface area contributed by atoms with Crippen LogP contribution in [0.4, 0.5) is 4.79 Å². The van der Waals surface area contributed by atoms with E-state index in [1.165, 1.54) is 38.5 Å². The minimum Gasteiger partial charge on any atom is -0.347 e. The number of piperidine rings is 1. The van der Waals surface area contributed by atoms with E-state index in [0.29, 0.717) is 28.7 Å². The molecule has 1 N–H and O–H groups in total. The predicted octanol–water partition coefficient (Wildman–Crippen LogP) is 4.61. The van der Waals surface area contributed by atoms with Crippen LogP contribution in [0.15, 0.2) is 0 Å². The molecule has 0 radical (unpaired) electrons. The Morgan fingerprint density at radius 3 is 2.58 bits per heavy atom. The van der Waals surface area contributed by atoms with Crippen molar-refractivity contribution in [3.63, 3.8) is 0 Å². The third kappa shape index (κ3) is 2.74. The average molecular weight is 472 g/mol. The van der Waals surface area contributed by atoms with Gasteiger partial charge in [0, 0.05) is 48.6 Å². The summed E-state index contributed by atoms with van der Waals surface area (Å²) in [5.41, 5.74) is 0.696. The van der Waals surface area contributed by atoms with Crippen molar-refractivity contribution in [3.05, 3.63) is 0 Å². The van der Waals surface area contributed by atoms with E-state index < -0.39 is 0 Å². The van der Waals surface area contributed by atoms with Gasteiger partial charge in [-0.25, -0.2) is 0 Å². The molecule has 0 aromatic carbocycles. The number of halogens is 1. The number of likely N-dealkylation sites (tertiary alicyclic amines) is 1. The Hall–Kier alpha value is -0.330. The Bertz CT molecular complexity index is 611. The predicted molar refractivity (Wildman–Crippen MR) is 111 cm³/mol. The van der Waals surface area contributed by atoms with E-state index in [1.54, 1.807) is 0 Å². The second-order valence-electron chi connectivity index (χ2n) is 9.95. The van der Waals surface area contributed by atoms with E-state index >= 15 is 0 Å². The quantitative estimate of drug-likeness (QED) is 0.363. The number of rotatable bonds is 2. The highest BCUT2D eigenvalue weighted by Crippen LogP contribution is 2.66. The van der Waals surface area contributed by atoms with Crippen molar-refractivity contribution in [3.8, 4) is 0 Å². The van der Waals surface area contributed by atoms with Crippen LogP contribution in [0.2, 0.25) is 0 Å². The Labute approximate surface area is 171 Å². The first-order chi connectivity index (χ1) is 12.3. The highest BCUT2D eigenvalue weighted by Gasteiger charge is 2.60. The minimum absolute atomic E-state index is 0.0752. The number of nitrogens with zero attached hydrogens (tertiary/aromatic N) is 1. The fourth-order valence-corrected chi connectivity index (χ4v) is 8.02. The minimum atomic E-state index is 0.0752. The second kappa shape index (κ2) is 6.63. The first kappa shape index (κ1) is 19.0. The number of hydrogen-bond acceptors (Lipinski definition) is 2. The Morgan fingerprint density at radius 1 is 1.12 bits per heavy atom. The van der Waals surface area contributed by atoms with Gasteiger partial charge >= 0.3 is 0 Å². The molecule has 146 valence electrons. The molecule has 0 spiro atoms. The fraction of sp³-hybridized carbons (Fsp3) is 0.905. The molecule has 26 heavy (non-hydrogen) atoms. The molecule has 3 aliphatic carbocycles. The first-order valence-corrected chi connectivity index (χ1v) is 11.5. The standard InChI is InChI=1S/C21H33IN2O2/c1-20-10-8-16-14(15(20)6-4-13(20)12-23-19(22)26)5-7-17-21(16,2)11-9-18(25)24(17)3/h13-17H,4-12H2,1-3H3,(H,23,26)/t13?,14?,15?,16?,17-,20?,21?/m1/s1. The molecule has 4 aliphatic rings. The number of hydrogen-bond donors (Lipinski definition) is 1. The topological polar surface area (TPSA) is 49.4 Å². The molecule has 1 aliphatic heterocycles. The molecular formula is C21H33IN2O2. The number of amides is 2. The molecule has 0 aromatic rings. The zero-order chi connectivity index (χ0) is 18.7. The van der Waals surface area contributed by atoms with Gasteiger partial charge < -0.3 is 10.2 Å². The van der Waals surface area contributed by atoms with E-state index in [2.05, 4.69) is 24.1 Å². The molecule has 6 unspecified atom stereocenters. The van der Waals surface area contributed by atoms with E-state index in [4.69, 9.17) is 0 Å². The number of nitrogens with one attached hydrogen (secondary N) is 1. The van der Waals surface area contributed by atoms with E-state index in [1.807, 2.05) is 29.6 Å². The van der Waals surface area contributed by atoms with Gasteiger partial charge in [-0.3, -0.25) is 9.59 Å². The Kier molecular flexibility index (Phi) is 4.84. The molecule has 7 atom stereocenters. The van der Waals surface area contributed by atoms with Gasteiger partial charge in [0.1, 0.15) is 0 Å². The summed E-state index contributed by atoms with van der Waals surface area (Å²) in [7, 11) is 2.04. The molecule has 4 rings (SSSR count). The Morgan fingerprint density at radius 2 is 1.85 bits per heavy atom. The van der Waals surface area contributed by atoms with Crippen LogP contribution in [0, 0.1) is 34.5 Å². The summed E-state index contributed by atoms with van der Waals surface area (Å²) in [4.78, 5) is 25.7. The number of carbonyl (C=O) groups is 2. The maximum Gasteiger partial charge on any atom is 0.280 e. The largest absolute Gasteiger partial charge is 0.347 e. The van der Waals surface area contributed by atoms with Crippen LogP contribution in [0.3, 0.4) is 0 Å². The summed E-state index contributed by atoms with van der Waals surface area (Å²) in [5.74, 6) is 3.37. The monoisotopic (exact) mass is 472 g/mol. The molecule has 1 heterocycles. The summed E-state index contributed by atoms with van der Waals surface area (Å²) in [5, 5.41) is 3.08. The van der Waals surface area contributed by atoms with Gasteiger partial charge in [0.05, 0.1) is 0 Å². The lowest BCUT2D eigenvalue weighted by Crippen LogP contribution is -2.61. The molecule has 5 heteroatoms. The third-order valence-corrected chi connectivity index (χ3v) is 9.62. The summed E-state index contributed by atoms with van der Waals surface area (Å²) >= 11 is 1.85. The zero-order valence-corrected chi connectivity index (χ0v) is 18.5. The third-order valence-electron chi connectivity index (χ3n) is 9.24. The molecule has 2 amide bonds. The van der Waals surface area contributed by atoms with Gasteiger partial charge in [-0.05, 0) is 79.4 Å². The van der Waals surface area contributed by atoms with Crippen molar-refractivity contribution in [1.82, 2.24) is 10.2 Å². The van der Waals surface area contributed by atoms with Gasteiger partial charge in [-0.2, -0.15) is 0 Å². The first-order valence-electron chi connectivity index (χ1n) is 10.5. The highest BCUT2D eigenvalue weighted by atomic mass is 127. The van der Waals surface area contributed by atoms with Gasteiger partial charge in [0.25, 0.3) is 3.91 Å². The summed E-state index contributed by atoms with van der Waals surface area (Å²) < 4.78 is 0.0752. The average Bonchev–Trinajstić information content (AvgIpc) is 2.93. The van der Waals surface area contributed by atoms with Crippen LogP contribution in [0.25, 0.3) is 0 Å². The van der Waals surface area contributed by atoms with E-state index in [9.17, 15) is 9.59 Å². The van der Waals surface area contributed by atoms with Crippen LogP contribution in [0.5, 0.6) is 0 Å². The van der Waals surface area contributed by atoms with Crippen LogP contribution < -0.4 is 5.32 Å². The van der Waals surface area contributed by atoms with E-state index in [-0.39, 0.29) is 3.91 Å². The molecule has 0 aromatic heterocycles. The van der Waals surface area contributed by atoms with Crippen molar-refractivity contribution in [2.45, 2.75) is 71.3 Å². The summed E-state index contributed by atoms with van der Waals surface area (Å²) in [6, 6.07) is 0.449. The summed E-state index contributed by atoms with van der Waals surface area (Å²) in [6.45, 7) is 5.85. The van der Waals surface area contributed by atoms with Gasteiger partial charge in [-0.15, -0.1) is 0 Å². The maximum atomic E-state index is 12.2. The molecule has 1 saturated heterocycles. The summed E-state index contributed by atoms with van der Waals surface area (Å²) in [6.07, 6.45) is 9.48. The van der Waals surface area contributed by atoms with Crippen LogP contribution in [0.1, 0.15) is 65.2 Å². The van der Waals surface area contributed by atoms with Crippen LogP contribution >= 0.6 is 22.6 Å². The lowest BCUT2D eigenvalue weighted by molar-refractivity contribution is -0.158. The lowest BCUT2D eigenvalue weighted by Gasteiger charge is -2.61. The van der Waals surface area contributed by atoms with Crippen LogP contribution in [-0.4, -0.2) is 34.4 Å². The highest BCUT2D eigenvalue weighted by molar-refractivity contribution is 14.1. The van der Waals surface area contributed by atoms with Gasteiger partial charge in [0.15, 0.2) is 0 Å². The SMILES string of the molecule is CN1C(=O)CCC2(C)C3CCC4(C)C(CNC(=O)I)CCC4C3CC[C@@H]12. The van der Waals surface area contributed by atoms with E-state index in [0.717, 1.165) is 37.1 Å². The maximum absolute atomic E-state index is 12.2. The van der Waals surface area contributed by atoms with Gasteiger partial charge in [-0.1, -0.05) is 13.8 Å². The molecule has 4 fully saturated rings. The van der Waals surface area contributed by atoms with Gasteiger partial charge in [0.2, 0.25) is 5.91 Å².